The van der Waals surface area contributed by atoms with Crippen LogP contribution in [-0.2, 0) is 11.2 Å². The Bertz CT molecular complexity index is 692. The van der Waals surface area contributed by atoms with Gasteiger partial charge in [-0.25, -0.2) is 9.97 Å². The van der Waals surface area contributed by atoms with E-state index in [2.05, 4.69) is 39.6 Å². The standard InChI is InChI=1S/C20H25N3O2/c1-14(23-15(2)24)11-16-7-9-17(10-8-16)18-12-21-20(22-13-18)25-19-5-3-4-6-19/h7-10,12-14,19H,3-6,11H2,1-2H3,(H,23,24). The van der Waals surface area contributed by atoms with Gasteiger partial charge < -0.3 is 10.1 Å². The van der Waals surface area contributed by atoms with Crippen LogP contribution in [0.3, 0.4) is 0 Å². The summed E-state index contributed by atoms with van der Waals surface area (Å²) in [6.45, 7) is 3.55. The molecule has 0 radical (unpaired) electrons. The van der Waals surface area contributed by atoms with Crippen molar-refractivity contribution < 1.29 is 9.53 Å². The lowest BCUT2D eigenvalue weighted by atomic mass is 10.0. The topological polar surface area (TPSA) is 64.1 Å². The molecule has 1 atom stereocenters. The minimum absolute atomic E-state index is 0.00109. The number of nitrogens with zero attached hydrogens (tertiary/aromatic N) is 2. The van der Waals surface area contributed by atoms with Gasteiger partial charge in [-0.15, -0.1) is 0 Å². The molecule has 1 heterocycles. The predicted molar refractivity (Wildman–Crippen MR) is 97.3 cm³/mol. The fourth-order valence-electron chi connectivity index (χ4n) is 3.27. The second-order valence-corrected chi connectivity index (χ2v) is 6.78. The third-order valence-corrected chi connectivity index (χ3v) is 4.48. The quantitative estimate of drug-likeness (QED) is 0.874. The molecule has 1 fully saturated rings. The molecule has 2 aromatic rings. The zero-order chi connectivity index (χ0) is 17.6. The molecule has 0 bridgehead atoms. The van der Waals surface area contributed by atoms with Crippen molar-refractivity contribution >= 4 is 5.91 Å². The summed E-state index contributed by atoms with van der Waals surface area (Å²) in [5.74, 6) is 0.00109. The van der Waals surface area contributed by atoms with Crippen molar-refractivity contribution in [3.63, 3.8) is 0 Å². The number of ether oxygens (including phenoxy) is 1. The number of aromatic nitrogens is 2. The summed E-state index contributed by atoms with van der Waals surface area (Å²) in [5.41, 5.74) is 3.23. The summed E-state index contributed by atoms with van der Waals surface area (Å²) in [7, 11) is 0. The molecule has 5 heteroatoms. The van der Waals surface area contributed by atoms with Crippen LogP contribution in [0.15, 0.2) is 36.7 Å². The van der Waals surface area contributed by atoms with Crippen molar-refractivity contribution in [1.29, 1.82) is 0 Å². The zero-order valence-electron chi connectivity index (χ0n) is 14.9. The molecule has 0 saturated heterocycles. The number of amides is 1. The van der Waals surface area contributed by atoms with Gasteiger partial charge in [0, 0.05) is 30.9 Å². The van der Waals surface area contributed by atoms with Gasteiger partial charge in [0.25, 0.3) is 0 Å². The van der Waals surface area contributed by atoms with Crippen LogP contribution >= 0.6 is 0 Å². The number of carbonyl (C=O) groups excluding carboxylic acids is 1. The Morgan fingerprint density at radius 1 is 1.16 bits per heavy atom. The maximum Gasteiger partial charge on any atom is 0.316 e. The Morgan fingerprint density at radius 2 is 1.80 bits per heavy atom. The van der Waals surface area contributed by atoms with E-state index in [1.165, 1.54) is 18.4 Å². The lowest BCUT2D eigenvalue weighted by Crippen LogP contribution is -2.31. The molecule has 1 aromatic carbocycles. The second-order valence-electron chi connectivity index (χ2n) is 6.78. The Morgan fingerprint density at radius 3 is 2.40 bits per heavy atom. The first-order valence-electron chi connectivity index (χ1n) is 8.95. The van der Waals surface area contributed by atoms with E-state index >= 15 is 0 Å². The van der Waals surface area contributed by atoms with Crippen molar-refractivity contribution in [2.24, 2.45) is 0 Å². The minimum Gasteiger partial charge on any atom is -0.460 e. The van der Waals surface area contributed by atoms with E-state index in [4.69, 9.17) is 4.74 Å². The van der Waals surface area contributed by atoms with Gasteiger partial charge in [-0.05, 0) is 50.2 Å². The fourth-order valence-corrected chi connectivity index (χ4v) is 3.27. The molecular formula is C20H25N3O2. The van der Waals surface area contributed by atoms with Gasteiger partial charge >= 0.3 is 6.01 Å². The van der Waals surface area contributed by atoms with Crippen LogP contribution in [0.4, 0.5) is 0 Å². The number of hydrogen-bond acceptors (Lipinski definition) is 4. The smallest absolute Gasteiger partial charge is 0.316 e. The first-order valence-corrected chi connectivity index (χ1v) is 8.95. The number of hydrogen-bond donors (Lipinski definition) is 1. The van der Waals surface area contributed by atoms with Gasteiger partial charge in [-0.1, -0.05) is 24.3 Å². The van der Waals surface area contributed by atoms with Gasteiger partial charge in [0.1, 0.15) is 6.10 Å². The van der Waals surface area contributed by atoms with Crippen LogP contribution in [0, 0.1) is 0 Å². The Labute approximate surface area is 148 Å². The van der Waals surface area contributed by atoms with Crippen LogP contribution in [-0.4, -0.2) is 28.0 Å². The first kappa shape index (κ1) is 17.4. The van der Waals surface area contributed by atoms with Crippen LogP contribution in [0.2, 0.25) is 0 Å². The van der Waals surface area contributed by atoms with E-state index in [9.17, 15) is 4.79 Å². The minimum atomic E-state index is 0.00109. The van der Waals surface area contributed by atoms with Crippen LogP contribution in [0.5, 0.6) is 6.01 Å². The van der Waals surface area contributed by atoms with Crippen molar-refractivity contribution in [3.05, 3.63) is 42.2 Å². The van der Waals surface area contributed by atoms with E-state index in [0.29, 0.717) is 6.01 Å². The molecule has 0 aliphatic heterocycles. The Kier molecular flexibility index (Phi) is 5.64. The summed E-state index contributed by atoms with van der Waals surface area (Å²) in [4.78, 5) is 19.8. The molecule has 1 amide bonds. The highest BCUT2D eigenvalue weighted by molar-refractivity contribution is 5.73. The summed E-state index contributed by atoms with van der Waals surface area (Å²) in [6.07, 6.45) is 9.37. The Hall–Kier alpha value is -2.43. The first-order chi connectivity index (χ1) is 12.1. The number of rotatable bonds is 6. The van der Waals surface area contributed by atoms with E-state index in [1.807, 2.05) is 19.3 Å². The highest BCUT2D eigenvalue weighted by Crippen LogP contribution is 2.23. The molecule has 3 rings (SSSR count). The maximum absolute atomic E-state index is 11.1. The summed E-state index contributed by atoms with van der Waals surface area (Å²) in [5, 5.41) is 2.90. The highest BCUT2D eigenvalue weighted by Gasteiger charge is 2.17. The molecule has 1 unspecified atom stereocenters. The predicted octanol–water partition coefficient (Wildman–Crippen LogP) is 3.53. The molecule has 5 nitrogen and oxygen atoms in total. The summed E-state index contributed by atoms with van der Waals surface area (Å²) < 4.78 is 5.80. The van der Waals surface area contributed by atoms with E-state index < -0.39 is 0 Å². The third-order valence-electron chi connectivity index (χ3n) is 4.48. The van der Waals surface area contributed by atoms with Crippen molar-refractivity contribution in [1.82, 2.24) is 15.3 Å². The van der Waals surface area contributed by atoms with Crippen LogP contribution < -0.4 is 10.1 Å². The molecule has 1 aliphatic rings. The molecule has 1 saturated carbocycles. The lowest BCUT2D eigenvalue weighted by molar-refractivity contribution is -0.119. The number of carbonyl (C=O) groups is 1. The monoisotopic (exact) mass is 339 g/mol. The molecule has 1 aliphatic carbocycles. The molecular weight excluding hydrogens is 314 g/mol. The average molecular weight is 339 g/mol. The third kappa shape index (κ3) is 5.02. The summed E-state index contributed by atoms with van der Waals surface area (Å²) in [6, 6.07) is 8.88. The van der Waals surface area contributed by atoms with Gasteiger partial charge in [-0.3, -0.25) is 4.79 Å². The number of nitrogens with one attached hydrogen (secondary N) is 1. The van der Waals surface area contributed by atoms with Gasteiger partial charge in [0.15, 0.2) is 0 Å². The largest absolute Gasteiger partial charge is 0.460 e. The van der Waals surface area contributed by atoms with Crippen LogP contribution in [0.1, 0.15) is 45.1 Å². The second kappa shape index (κ2) is 8.10. The lowest BCUT2D eigenvalue weighted by Gasteiger charge is -2.13. The molecule has 132 valence electrons. The fraction of sp³-hybridized carbons (Fsp3) is 0.450. The molecule has 0 spiro atoms. The van der Waals surface area contributed by atoms with Gasteiger partial charge in [0.05, 0.1) is 0 Å². The van der Waals surface area contributed by atoms with Crippen molar-refractivity contribution in [2.75, 3.05) is 0 Å². The molecule has 1 N–H and O–H groups in total. The Balaban J connectivity index is 1.60. The van der Waals surface area contributed by atoms with E-state index in [0.717, 1.165) is 30.4 Å². The van der Waals surface area contributed by atoms with Gasteiger partial charge in [-0.2, -0.15) is 0 Å². The van der Waals surface area contributed by atoms with E-state index in [-0.39, 0.29) is 18.1 Å². The zero-order valence-corrected chi connectivity index (χ0v) is 14.9. The van der Waals surface area contributed by atoms with E-state index in [1.54, 1.807) is 6.92 Å². The van der Waals surface area contributed by atoms with Crippen LogP contribution in [0.25, 0.3) is 11.1 Å². The normalized spacial score (nSPS) is 15.8. The van der Waals surface area contributed by atoms with Gasteiger partial charge in [0.2, 0.25) is 5.91 Å². The molecule has 1 aromatic heterocycles. The maximum atomic E-state index is 11.1. The highest BCUT2D eigenvalue weighted by atomic mass is 16.5. The number of benzene rings is 1. The molecule has 25 heavy (non-hydrogen) atoms. The average Bonchev–Trinajstić information content (AvgIpc) is 3.08. The SMILES string of the molecule is CC(=O)NC(C)Cc1ccc(-c2cnc(OC3CCCC3)nc2)cc1. The van der Waals surface area contributed by atoms with Crippen molar-refractivity contribution in [2.45, 2.75) is 58.1 Å². The van der Waals surface area contributed by atoms with Crippen molar-refractivity contribution in [3.8, 4) is 17.1 Å². The summed E-state index contributed by atoms with van der Waals surface area (Å²) >= 11 is 0.